The molecule has 0 aromatic carbocycles. The van der Waals surface area contributed by atoms with Gasteiger partial charge in [0.2, 0.25) is 0 Å². The van der Waals surface area contributed by atoms with Crippen molar-refractivity contribution < 1.29 is 0 Å². The minimum Gasteiger partial charge on any atom is -0.272 e. The van der Waals surface area contributed by atoms with Gasteiger partial charge < -0.3 is 0 Å². The van der Waals surface area contributed by atoms with E-state index in [9.17, 15) is 0 Å². The monoisotopic (exact) mass is 150 g/mol. The Morgan fingerprint density at radius 2 is 2.36 bits per heavy atom. The summed E-state index contributed by atoms with van der Waals surface area (Å²) in [4.78, 5) is 0. The van der Waals surface area contributed by atoms with Crippen molar-refractivity contribution >= 4 is 0 Å². The summed E-state index contributed by atoms with van der Waals surface area (Å²) in [6.45, 7) is 3.13. The Balaban J connectivity index is 2.19. The van der Waals surface area contributed by atoms with Crippen LogP contribution >= 0.6 is 0 Å². The van der Waals surface area contributed by atoms with Crippen molar-refractivity contribution in [3.63, 3.8) is 0 Å². The van der Waals surface area contributed by atoms with Gasteiger partial charge in [0.1, 0.15) is 0 Å². The van der Waals surface area contributed by atoms with Crippen LogP contribution in [-0.2, 0) is 6.54 Å². The fraction of sp³-hybridized carbons (Fsp3) is 0.444. The number of allylic oxidation sites excluding steroid dienone is 2. The van der Waals surface area contributed by atoms with E-state index in [0.717, 1.165) is 19.4 Å². The van der Waals surface area contributed by atoms with E-state index in [-0.39, 0.29) is 0 Å². The summed E-state index contributed by atoms with van der Waals surface area (Å²) in [5.41, 5.74) is 0. The maximum atomic E-state index is 4.10. The third kappa shape index (κ3) is 3.03. The standard InChI is InChI=1S/C9H14N2/c1-2-3-4-5-8-11-9-6-7-10-11/h3-4,6-7,9H,2,5,8H2,1H3. The predicted molar refractivity (Wildman–Crippen MR) is 46.3 cm³/mol. The molecule has 2 heteroatoms. The molecule has 0 saturated heterocycles. The number of hydrogen-bond donors (Lipinski definition) is 0. The first-order valence-corrected chi connectivity index (χ1v) is 4.06. The van der Waals surface area contributed by atoms with Crippen LogP contribution in [0.2, 0.25) is 0 Å². The lowest BCUT2D eigenvalue weighted by molar-refractivity contribution is 0.623. The van der Waals surface area contributed by atoms with Crippen molar-refractivity contribution in [2.24, 2.45) is 0 Å². The Kier molecular flexibility index (Phi) is 3.45. The first kappa shape index (κ1) is 8.05. The molecule has 2 nitrogen and oxygen atoms in total. The maximum Gasteiger partial charge on any atom is 0.0489 e. The molecule has 0 saturated carbocycles. The molecule has 0 aliphatic carbocycles. The molecule has 0 bridgehead atoms. The summed E-state index contributed by atoms with van der Waals surface area (Å²) in [5.74, 6) is 0. The molecule has 1 aromatic rings. The molecule has 0 N–H and O–H groups in total. The van der Waals surface area contributed by atoms with Gasteiger partial charge in [-0.15, -0.1) is 0 Å². The zero-order chi connectivity index (χ0) is 7.94. The van der Waals surface area contributed by atoms with Gasteiger partial charge in [0.05, 0.1) is 0 Å². The molecule has 0 fully saturated rings. The van der Waals surface area contributed by atoms with Gasteiger partial charge in [-0.3, -0.25) is 4.68 Å². The van der Waals surface area contributed by atoms with Crippen LogP contribution in [0.4, 0.5) is 0 Å². The highest BCUT2D eigenvalue weighted by molar-refractivity contribution is 4.82. The highest BCUT2D eigenvalue weighted by atomic mass is 15.3. The van der Waals surface area contributed by atoms with Gasteiger partial charge in [-0.05, 0) is 18.9 Å². The number of aryl methyl sites for hydroxylation is 1. The van der Waals surface area contributed by atoms with Crippen molar-refractivity contribution in [3.05, 3.63) is 30.6 Å². The van der Waals surface area contributed by atoms with Crippen LogP contribution in [0.25, 0.3) is 0 Å². The minimum absolute atomic E-state index is 0.990. The molecule has 1 rings (SSSR count). The Morgan fingerprint density at radius 3 is 3.00 bits per heavy atom. The average molecular weight is 150 g/mol. The molecule has 1 aromatic heterocycles. The van der Waals surface area contributed by atoms with Crippen LogP contribution in [-0.4, -0.2) is 9.78 Å². The molecular formula is C9H14N2. The first-order chi connectivity index (χ1) is 5.43. The van der Waals surface area contributed by atoms with Gasteiger partial charge in [0.25, 0.3) is 0 Å². The predicted octanol–water partition coefficient (Wildman–Crippen LogP) is 2.24. The molecule has 0 spiro atoms. The van der Waals surface area contributed by atoms with E-state index in [0.29, 0.717) is 0 Å². The molecule has 0 aliphatic rings. The molecule has 0 amide bonds. The Hall–Kier alpha value is -1.05. The quantitative estimate of drug-likeness (QED) is 0.602. The van der Waals surface area contributed by atoms with Crippen LogP contribution in [0.1, 0.15) is 19.8 Å². The van der Waals surface area contributed by atoms with Crippen LogP contribution < -0.4 is 0 Å². The van der Waals surface area contributed by atoms with E-state index in [1.165, 1.54) is 0 Å². The smallest absolute Gasteiger partial charge is 0.0489 e. The third-order valence-electron chi connectivity index (χ3n) is 1.49. The summed E-state index contributed by atoms with van der Waals surface area (Å²) in [6, 6.07) is 1.95. The van der Waals surface area contributed by atoms with Gasteiger partial charge in [0.15, 0.2) is 0 Å². The lowest BCUT2D eigenvalue weighted by atomic mass is 10.3. The minimum atomic E-state index is 0.990. The van der Waals surface area contributed by atoms with Crippen molar-refractivity contribution in [1.82, 2.24) is 9.78 Å². The molecule has 0 unspecified atom stereocenters. The summed E-state index contributed by atoms with van der Waals surface area (Å²) >= 11 is 0. The lowest BCUT2D eigenvalue weighted by Crippen LogP contribution is -1.95. The molecule has 0 aliphatic heterocycles. The average Bonchev–Trinajstić information content (AvgIpc) is 2.50. The number of hydrogen-bond acceptors (Lipinski definition) is 1. The molecule has 0 radical (unpaired) electrons. The van der Waals surface area contributed by atoms with E-state index < -0.39 is 0 Å². The van der Waals surface area contributed by atoms with Gasteiger partial charge in [-0.25, -0.2) is 0 Å². The van der Waals surface area contributed by atoms with E-state index in [2.05, 4.69) is 24.2 Å². The van der Waals surface area contributed by atoms with E-state index in [1.807, 2.05) is 23.1 Å². The first-order valence-electron chi connectivity index (χ1n) is 4.06. The van der Waals surface area contributed by atoms with E-state index in [1.54, 1.807) is 0 Å². The summed E-state index contributed by atoms with van der Waals surface area (Å²) in [5, 5.41) is 4.10. The van der Waals surface area contributed by atoms with Gasteiger partial charge in [-0.2, -0.15) is 5.10 Å². The molecule has 1 heterocycles. The maximum absolute atomic E-state index is 4.10. The second-order valence-corrected chi connectivity index (χ2v) is 2.44. The van der Waals surface area contributed by atoms with Gasteiger partial charge in [-0.1, -0.05) is 19.1 Å². The normalized spacial score (nSPS) is 11.0. The Bertz CT molecular complexity index is 199. The van der Waals surface area contributed by atoms with E-state index >= 15 is 0 Å². The lowest BCUT2D eigenvalue weighted by Gasteiger charge is -1.95. The Morgan fingerprint density at radius 1 is 1.45 bits per heavy atom. The Labute approximate surface area is 67.5 Å². The molecular weight excluding hydrogens is 136 g/mol. The second-order valence-electron chi connectivity index (χ2n) is 2.44. The second kappa shape index (κ2) is 4.72. The van der Waals surface area contributed by atoms with Crippen LogP contribution in [0.15, 0.2) is 30.6 Å². The highest BCUT2D eigenvalue weighted by Crippen LogP contribution is 1.91. The van der Waals surface area contributed by atoms with Crippen LogP contribution in [0.3, 0.4) is 0 Å². The van der Waals surface area contributed by atoms with Crippen molar-refractivity contribution in [2.75, 3.05) is 0 Å². The van der Waals surface area contributed by atoms with E-state index in [4.69, 9.17) is 0 Å². The number of rotatable bonds is 4. The zero-order valence-corrected chi connectivity index (χ0v) is 6.90. The zero-order valence-electron chi connectivity index (χ0n) is 6.90. The van der Waals surface area contributed by atoms with Crippen LogP contribution in [0.5, 0.6) is 0 Å². The summed E-state index contributed by atoms with van der Waals surface area (Å²) in [6.07, 6.45) is 10.4. The largest absolute Gasteiger partial charge is 0.272 e. The van der Waals surface area contributed by atoms with Crippen molar-refractivity contribution in [1.29, 1.82) is 0 Å². The van der Waals surface area contributed by atoms with Crippen molar-refractivity contribution in [3.8, 4) is 0 Å². The topological polar surface area (TPSA) is 17.8 Å². The molecule has 11 heavy (non-hydrogen) atoms. The summed E-state index contributed by atoms with van der Waals surface area (Å²) in [7, 11) is 0. The third-order valence-corrected chi connectivity index (χ3v) is 1.49. The fourth-order valence-electron chi connectivity index (χ4n) is 0.924. The summed E-state index contributed by atoms with van der Waals surface area (Å²) < 4.78 is 1.94. The SMILES string of the molecule is CCC=CCCn1cccn1. The highest BCUT2D eigenvalue weighted by Gasteiger charge is 1.85. The fourth-order valence-corrected chi connectivity index (χ4v) is 0.924. The van der Waals surface area contributed by atoms with Gasteiger partial charge in [0, 0.05) is 18.9 Å². The van der Waals surface area contributed by atoms with Crippen molar-refractivity contribution in [2.45, 2.75) is 26.3 Å². The molecule has 0 atom stereocenters. The number of aromatic nitrogens is 2. The number of nitrogens with zero attached hydrogens (tertiary/aromatic N) is 2. The van der Waals surface area contributed by atoms with Crippen LogP contribution in [0, 0.1) is 0 Å². The molecule has 60 valence electrons. The van der Waals surface area contributed by atoms with Gasteiger partial charge >= 0.3 is 0 Å².